The normalized spacial score (nSPS) is 12.9. The van der Waals surface area contributed by atoms with Crippen molar-refractivity contribution in [3.05, 3.63) is 35.2 Å². The Morgan fingerprint density at radius 1 is 0.852 bits per heavy atom. The minimum absolute atomic E-state index is 0.177. The topological polar surface area (TPSA) is 71.1 Å². The smallest absolute Gasteiger partial charge is 0.308 e. The molecule has 0 unspecified atom stereocenters. The summed E-state index contributed by atoms with van der Waals surface area (Å²) in [6.45, 7) is 7.63. The molecule has 0 saturated carbocycles. The van der Waals surface area contributed by atoms with Crippen molar-refractivity contribution in [1.29, 1.82) is 0 Å². The van der Waals surface area contributed by atoms with Gasteiger partial charge in [-0.15, -0.1) is 11.3 Å². The molecule has 0 atom stereocenters. The Labute approximate surface area is 165 Å². The van der Waals surface area contributed by atoms with Crippen LogP contribution in [0.5, 0.6) is 0 Å². The van der Waals surface area contributed by atoms with Crippen LogP contribution in [0, 0.1) is 0 Å². The average Bonchev–Trinajstić information content (AvgIpc) is 3.03. The fourth-order valence-corrected chi connectivity index (χ4v) is 9.20. The monoisotopic (exact) mass is 434 g/mol. The Bertz CT molecular complexity index is 771. The highest BCUT2D eigenvalue weighted by atomic mass is 32.1. The summed E-state index contributed by atoms with van der Waals surface area (Å²) in [5.41, 5.74) is 0.930. The van der Waals surface area contributed by atoms with Gasteiger partial charge in [0, 0.05) is 4.70 Å². The van der Waals surface area contributed by atoms with E-state index in [1.165, 1.54) is 0 Å². The van der Waals surface area contributed by atoms with Crippen LogP contribution >= 0.6 is 26.5 Å². The second-order valence-corrected chi connectivity index (χ2v) is 11.5. The molecule has 0 bridgehead atoms. The number of benzene rings is 1. The molecule has 1 aromatic heterocycles. The van der Waals surface area contributed by atoms with Crippen molar-refractivity contribution in [3.63, 3.8) is 0 Å². The van der Waals surface area contributed by atoms with Gasteiger partial charge in [-0.25, -0.2) is 0 Å². The molecule has 0 N–H and O–H groups in total. The van der Waals surface area contributed by atoms with Crippen LogP contribution in [0.4, 0.5) is 0 Å². The van der Waals surface area contributed by atoms with Crippen molar-refractivity contribution in [2.45, 2.75) is 39.5 Å². The molecular formula is C18H28O6P2S. The quantitative estimate of drug-likeness (QED) is 0.365. The van der Waals surface area contributed by atoms with E-state index >= 15 is 0 Å². The Balaban J connectivity index is 2.54. The van der Waals surface area contributed by atoms with Gasteiger partial charge in [0.25, 0.3) is 0 Å². The maximum atomic E-state index is 13.6. The molecule has 0 amide bonds. The molecule has 1 aromatic carbocycles. The van der Waals surface area contributed by atoms with Crippen LogP contribution in [0.15, 0.2) is 29.6 Å². The number of fused-ring (bicyclic) bond motifs is 1. The van der Waals surface area contributed by atoms with E-state index in [1.807, 2.05) is 29.6 Å². The van der Waals surface area contributed by atoms with Gasteiger partial charge in [-0.05, 0) is 56.5 Å². The molecular weight excluding hydrogens is 406 g/mol. The molecule has 27 heavy (non-hydrogen) atoms. The summed E-state index contributed by atoms with van der Waals surface area (Å²) in [6, 6.07) is 7.93. The van der Waals surface area contributed by atoms with Crippen LogP contribution in [0.2, 0.25) is 0 Å². The van der Waals surface area contributed by atoms with Gasteiger partial charge >= 0.3 is 15.2 Å². The summed E-state index contributed by atoms with van der Waals surface area (Å²) in [4.78, 5) is 0. The van der Waals surface area contributed by atoms with E-state index in [-0.39, 0.29) is 32.8 Å². The van der Waals surface area contributed by atoms with Crippen LogP contribution in [-0.2, 0) is 33.6 Å². The highest BCUT2D eigenvalue weighted by molar-refractivity contribution is 7.72. The fraction of sp³-hybridized carbons (Fsp3) is 0.556. The minimum atomic E-state index is -3.74. The Hall–Kier alpha value is -0.520. The molecule has 152 valence electrons. The summed E-state index contributed by atoms with van der Waals surface area (Å²) < 4.78 is 50.5. The predicted molar refractivity (Wildman–Crippen MR) is 111 cm³/mol. The van der Waals surface area contributed by atoms with Crippen LogP contribution < -0.4 is 0 Å². The second kappa shape index (κ2) is 10.3. The zero-order valence-electron chi connectivity index (χ0n) is 16.3. The SMILES string of the molecule is CCOP(=O)(OCC)C(Cc1csc2ccccc12)P(=O)(OCC)OCC. The van der Waals surface area contributed by atoms with Gasteiger partial charge in [0.05, 0.1) is 26.4 Å². The molecule has 2 aromatic rings. The van der Waals surface area contributed by atoms with Crippen molar-refractivity contribution >= 4 is 36.6 Å². The van der Waals surface area contributed by atoms with Crippen molar-refractivity contribution in [2.75, 3.05) is 26.4 Å². The van der Waals surface area contributed by atoms with Crippen LogP contribution in [0.1, 0.15) is 33.3 Å². The van der Waals surface area contributed by atoms with E-state index in [2.05, 4.69) is 0 Å². The van der Waals surface area contributed by atoms with Crippen molar-refractivity contribution in [1.82, 2.24) is 0 Å². The molecule has 0 spiro atoms. The van der Waals surface area contributed by atoms with Gasteiger partial charge in [0.15, 0.2) is 5.40 Å². The maximum absolute atomic E-state index is 13.6. The summed E-state index contributed by atoms with van der Waals surface area (Å²) in [5, 5.41) is 2.00. The Kier molecular flexibility index (Phi) is 8.70. The van der Waals surface area contributed by atoms with E-state index in [1.54, 1.807) is 39.0 Å². The summed E-state index contributed by atoms with van der Waals surface area (Å²) >= 11 is 1.59. The predicted octanol–water partition coefficient (Wildman–Crippen LogP) is 6.30. The molecule has 1 heterocycles. The molecule has 6 nitrogen and oxygen atoms in total. The molecule has 0 aliphatic carbocycles. The number of thiophene rings is 1. The number of hydrogen-bond acceptors (Lipinski definition) is 7. The largest absolute Gasteiger partial charge is 0.346 e. The zero-order chi connectivity index (χ0) is 19.9. The standard InChI is InChI=1S/C18H28O6P2S/c1-5-21-25(19,22-6-2)18(26(20,23-7-3)24-8-4)13-15-14-27-17-12-10-9-11-16(15)17/h9-12,14,18H,5-8,13H2,1-4H3. The lowest BCUT2D eigenvalue weighted by molar-refractivity contribution is 0.195. The first-order valence-electron chi connectivity index (χ1n) is 9.16. The van der Waals surface area contributed by atoms with E-state index < -0.39 is 20.6 Å². The van der Waals surface area contributed by atoms with Crippen LogP contribution in [0.3, 0.4) is 0 Å². The molecule has 9 heteroatoms. The van der Waals surface area contributed by atoms with E-state index in [4.69, 9.17) is 18.1 Å². The Morgan fingerprint density at radius 3 is 1.81 bits per heavy atom. The molecule has 0 aliphatic rings. The van der Waals surface area contributed by atoms with Gasteiger partial charge < -0.3 is 18.1 Å². The van der Waals surface area contributed by atoms with Crippen molar-refractivity contribution in [3.8, 4) is 0 Å². The van der Waals surface area contributed by atoms with E-state index in [9.17, 15) is 9.13 Å². The zero-order valence-corrected chi connectivity index (χ0v) is 18.9. The minimum Gasteiger partial charge on any atom is -0.308 e. The van der Waals surface area contributed by atoms with Gasteiger partial charge in [0.1, 0.15) is 0 Å². The lowest BCUT2D eigenvalue weighted by Crippen LogP contribution is -2.20. The van der Waals surface area contributed by atoms with Crippen molar-refractivity contribution in [2.24, 2.45) is 0 Å². The number of hydrogen-bond donors (Lipinski definition) is 0. The fourth-order valence-electron chi connectivity index (χ4n) is 2.92. The van der Waals surface area contributed by atoms with Crippen LogP contribution in [-0.4, -0.2) is 31.8 Å². The van der Waals surface area contributed by atoms with Crippen molar-refractivity contribution < 1.29 is 27.2 Å². The third kappa shape index (κ3) is 5.30. The first-order valence-corrected chi connectivity index (χ1v) is 13.3. The lowest BCUT2D eigenvalue weighted by atomic mass is 10.1. The number of rotatable bonds is 12. The summed E-state index contributed by atoms with van der Waals surface area (Å²) in [5.74, 6) is 0. The van der Waals surface area contributed by atoms with E-state index in [0.717, 1.165) is 15.6 Å². The third-order valence-electron chi connectivity index (χ3n) is 3.93. The highest BCUT2D eigenvalue weighted by Gasteiger charge is 2.50. The van der Waals surface area contributed by atoms with Gasteiger partial charge in [0.2, 0.25) is 0 Å². The summed E-state index contributed by atoms with van der Waals surface area (Å²) in [6.07, 6.45) is 0.221. The highest BCUT2D eigenvalue weighted by Crippen LogP contribution is 2.71. The third-order valence-corrected chi connectivity index (χ3v) is 10.9. The summed E-state index contributed by atoms with van der Waals surface area (Å²) in [7, 11) is -7.48. The lowest BCUT2D eigenvalue weighted by Gasteiger charge is -2.31. The Morgan fingerprint density at radius 2 is 1.33 bits per heavy atom. The molecule has 0 radical (unpaired) electrons. The average molecular weight is 434 g/mol. The molecule has 0 aliphatic heterocycles. The molecule has 0 saturated heterocycles. The first-order chi connectivity index (χ1) is 12.9. The maximum Gasteiger partial charge on any atom is 0.346 e. The van der Waals surface area contributed by atoms with Gasteiger partial charge in [-0.2, -0.15) is 0 Å². The molecule has 2 rings (SSSR count). The first kappa shape index (κ1) is 22.8. The van der Waals surface area contributed by atoms with E-state index in [0.29, 0.717) is 0 Å². The van der Waals surface area contributed by atoms with Crippen LogP contribution in [0.25, 0.3) is 10.1 Å². The van der Waals surface area contributed by atoms with Gasteiger partial charge in [-0.1, -0.05) is 18.2 Å². The van der Waals surface area contributed by atoms with Gasteiger partial charge in [-0.3, -0.25) is 9.13 Å². The second-order valence-electron chi connectivity index (χ2n) is 5.69. The molecule has 0 fully saturated rings.